The fourth-order valence-electron chi connectivity index (χ4n) is 2.28. The van der Waals surface area contributed by atoms with Gasteiger partial charge >= 0.3 is 0 Å². The molecule has 0 saturated heterocycles. The summed E-state index contributed by atoms with van der Waals surface area (Å²) in [5, 5.41) is 20.7. The molecule has 0 aliphatic heterocycles. The summed E-state index contributed by atoms with van der Waals surface area (Å²) in [5.41, 5.74) is 1.21. The van der Waals surface area contributed by atoms with E-state index >= 15 is 0 Å². The Morgan fingerprint density at radius 1 is 1.37 bits per heavy atom. The normalized spacial score (nSPS) is 12.5. The molecule has 0 amide bonds. The van der Waals surface area contributed by atoms with Crippen molar-refractivity contribution in [1.29, 1.82) is 0 Å². The van der Waals surface area contributed by atoms with Crippen LogP contribution in [0.3, 0.4) is 0 Å². The molecule has 0 radical (unpaired) electrons. The van der Waals surface area contributed by atoms with Gasteiger partial charge in [0.2, 0.25) is 0 Å². The lowest BCUT2D eigenvalue weighted by Gasteiger charge is -2.28. The first kappa shape index (κ1) is 15.4. The molecular weight excluding hydrogens is 244 g/mol. The number of nitro groups is 1. The van der Waals surface area contributed by atoms with Crippen molar-refractivity contribution in [2.45, 2.75) is 45.8 Å². The molecule has 0 aliphatic rings. The van der Waals surface area contributed by atoms with Crippen LogP contribution < -0.4 is 4.90 Å². The molecule has 0 spiro atoms. The van der Waals surface area contributed by atoms with Gasteiger partial charge < -0.3 is 10.0 Å². The molecular formula is C14H22N2O3. The van der Waals surface area contributed by atoms with E-state index in [4.69, 9.17) is 0 Å². The van der Waals surface area contributed by atoms with E-state index < -0.39 is 6.10 Å². The molecule has 0 aromatic heterocycles. The van der Waals surface area contributed by atoms with E-state index in [2.05, 4.69) is 13.8 Å². The van der Waals surface area contributed by atoms with Crippen LogP contribution in [0, 0.1) is 10.1 Å². The maximum Gasteiger partial charge on any atom is 0.292 e. The van der Waals surface area contributed by atoms with Crippen molar-refractivity contribution >= 4 is 11.4 Å². The smallest absolute Gasteiger partial charge is 0.292 e. The summed E-state index contributed by atoms with van der Waals surface area (Å²) in [6, 6.07) is 5.19. The van der Waals surface area contributed by atoms with Gasteiger partial charge in [-0.2, -0.15) is 0 Å². The minimum absolute atomic E-state index is 0.0489. The Morgan fingerprint density at radius 2 is 1.95 bits per heavy atom. The molecule has 0 heterocycles. The number of nitrogens with zero attached hydrogens (tertiary/aromatic N) is 2. The van der Waals surface area contributed by atoms with Crippen LogP contribution in [0.2, 0.25) is 0 Å². The third kappa shape index (κ3) is 3.44. The summed E-state index contributed by atoms with van der Waals surface area (Å²) >= 11 is 0. The van der Waals surface area contributed by atoms with Gasteiger partial charge in [-0.1, -0.05) is 19.9 Å². The summed E-state index contributed by atoms with van der Waals surface area (Å²) in [6.07, 6.45) is 1.16. The molecule has 0 bridgehead atoms. The van der Waals surface area contributed by atoms with Crippen LogP contribution in [0.25, 0.3) is 0 Å². The van der Waals surface area contributed by atoms with E-state index in [1.807, 2.05) is 11.9 Å². The van der Waals surface area contributed by atoms with Crippen LogP contribution in [0.15, 0.2) is 18.2 Å². The van der Waals surface area contributed by atoms with Crippen molar-refractivity contribution in [3.05, 3.63) is 33.9 Å². The molecule has 5 heteroatoms. The topological polar surface area (TPSA) is 66.6 Å². The van der Waals surface area contributed by atoms with Crippen LogP contribution in [-0.2, 0) is 0 Å². The highest BCUT2D eigenvalue weighted by Gasteiger charge is 2.22. The SMILES string of the molecule is CCC(CC)N(C)c1ccc([C@H](C)O)cc1[N+](=O)[O-]. The van der Waals surface area contributed by atoms with E-state index in [0.717, 1.165) is 12.8 Å². The van der Waals surface area contributed by atoms with Crippen LogP contribution >= 0.6 is 0 Å². The lowest BCUT2D eigenvalue weighted by atomic mass is 10.1. The number of hydrogen-bond acceptors (Lipinski definition) is 4. The maximum absolute atomic E-state index is 11.2. The third-order valence-electron chi connectivity index (χ3n) is 3.55. The van der Waals surface area contributed by atoms with Gasteiger partial charge in [0.1, 0.15) is 5.69 Å². The lowest BCUT2D eigenvalue weighted by molar-refractivity contribution is -0.384. The maximum atomic E-state index is 11.2. The zero-order valence-electron chi connectivity index (χ0n) is 12.0. The fourth-order valence-corrected chi connectivity index (χ4v) is 2.28. The first-order valence-corrected chi connectivity index (χ1v) is 6.61. The average Bonchev–Trinajstić information content (AvgIpc) is 2.39. The number of nitro benzene ring substituents is 1. The van der Waals surface area contributed by atoms with Crippen molar-refractivity contribution in [2.75, 3.05) is 11.9 Å². The molecule has 0 aliphatic carbocycles. The van der Waals surface area contributed by atoms with E-state index in [9.17, 15) is 15.2 Å². The number of hydrogen-bond donors (Lipinski definition) is 1. The quantitative estimate of drug-likeness (QED) is 0.634. The Kier molecular flexibility index (Phi) is 5.30. The van der Waals surface area contributed by atoms with Gasteiger partial charge in [0, 0.05) is 19.2 Å². The Morgan fingerprint density at radius 3 is 2.37 bits per heavy atom. The number of aliphatic hydroxyl groups excluding tert-OH is 1. The molecule has 1 aromatic carbocycles. The van der Waals surface area contributed by atoms with Gasteiger partial charge in [-0.25, -0.2) is 0 Å². The summed E-state index contributed by atoms with van der Waals surface area (Å²) in [5.74, 6) is 0. The Bertz CT molecular complexity index is 442. The minimum Gasteiger partial charge on any atom is -0.389 e. The van der Waals surface area contributed by atoms with E-state index in [1.54, 1.807) is 19.1 Å². The Labute approximate surface area is 114 Å². The minimum atomic E-state index is -0.703. The van der Waals surface area contributed by atoms with Crippen molar-refractivity contribution < 1.29 is 10.0 Å². The second kappa shape index (κ2) is 6.52. The highest BCUT2D eigenvalue weighted by molar-refractivity contribution is 5.64. The zero-order valence-corrected chi connectivity index (χ0v) is 12.0. The average molecular weight is 266 g/mol. The van der Waals surface area contributed by atoms with Gasteiger partial charge in [0.15, 0.2) is 0 Å². The second-order valence-electron chi connectivity index (χ2n) is 4.76. The van der Waals surface area contributed by atoms with Crippen molar-refractivity contribution in [2.24, 2.45) is 0 Å². The highest BCUT2D eigenvalue weighted by atomic mass is 16.6. The summed E-state index contributed by atoms with van der Waals surface area (Å²) in [6.45, 7) is 5.74. The molecule has 1 atom stereocenters. The van der Waals surface area contributed by atoms with Gasteiger partial charge in [-0.05, 0) is 31.4 Å². The number of rotatable bonds is 6. The van der Waals surface area contributed by atoms with E-state index in [1.165, 1.54) is 6.07 Å². The van der Waals surface area contributed by atoms with Crippen LogP contribution in [-0.4, -0.2) is 23.1 Å². The summed E-state index contributed by atoms with van der Waals surface area (Å²) < 4.78 is 0. The van der Waals surface area contributed by atoms with Crippen molar-refractivity contribution in [1.82, 2.24) is 0 Å². The van der Waals surface area contributed by atoms with Crippen LogP contribution in [0.1, 0.15) is 45.3 Å². The monoisotopic (exact) mass is 266 g/mol. The molecule has 1 rings (SSSR count). The molecule has 5 nitrogen and oxygen atoms in total. The Hall–Kier alpha value is -1.62. The van der Waals surface area contributed by atoms with Crippen LogP contribution in [0.5, 0.6) is 0 Å². The van der Waals surface area contributed by atoms with Crippen molar-refractivity contribution in [3.8, 4) is 0 Å². The largest absolute Gasteiger partial charge is 0.389 e. The highest BCUT2D eigenvalue weighted by Crippen LogP contribution is 2.32. The molecule has 19 heavy (non-hydrogen) atoms. The van der Waals surface area contributed by atoms with Gasteiger partial charge in [0.05, 0.1) is 11.0 Å². The van der Waals surface area contributed by atoms with E-state index in [-0.39, 0.29) is 16.7 Å². The fraction of sp³-hybridized carbons (Fsp3) is 0.571. The molecule has 1 aromatic rings. The van der Waals surface area contributed by atoms with Gasteiger partial charge in [-0.15, -0.1) is 0 Å². The predicted octanol–water partition coefficient (Wildman–Crippen LogP) is 3.27. The molecule has 106 valence electrons. The number of benzene rings is 1. The van der Waals surface area contributed by atoms with Gasteiger partial charge in [-0.3, -0.25) is 10.1 Å². The standard InChI is InChI=1S/C14H22N2O3/c1-5-12(6-2)15(4)13-8-7-11(10(3)17)9-14(13)16(18)19/h7-10,12,17H,5-6H2,1-4H3/t10-/m0/s1. The molecule has 0 saturated carbocycles. The number of aliphatic hydroxyl groups is 1. The molecule has 0 unspecified atom stereocenters. The third-order valence-corrected chi connectivity index (χ3v) is 3.55. The second-order valence-corrected chi connectivity index (χ2v) is 4.76. The lowest BCUT2D eigenvalue weighted by Crippen LogP contribution is -2.30. The van der Waals surface area contributed by atoms with Gasteiger partial charge in [0.25, 0.3) is 5.69 Å². The molecule has 0 fully saturated rings. The van der Waals surface area contributed by atoms with Crippen LogP contribution in [0.4, 0.5) is 11.4 Å². The van der Waals surface area contributed by atoms with Crippen molar-refractivity contribution in [3.63, 3.8) is 0 Å². The Balaban J connectivity index is 3.23. The first-order valence-electron chi connectivity index (χ1n) is 6.61. The number of anilines is 1. The first-order chi connectivity index (χ1) is 8.92. The van der Waals surface area contributed by atoms with E-state index in [0.29, 0.717) is 11.3 Å². The molecule has 1 N–H and O–H groups in total. The summed E-state index contributed by atoms with van der Waals surface area (Å²) in [4.78, 5) is 12.8. The zero-order chi connectivity index (χ0) is 14.6. The summed E-state index contributed by atoms with van der Waals surface area (Å²) in [7, 11) is 1.88. The predicted molar refractivity (Wildman–Crippen MR) is 76.5 cm³/mol.